The monoisotopic (exact) mass is 644 g/mol. The van der Waals surface area contributed by atoms with E-state index >= 15 is 0 Å². The van der Waals surface area contributed by atoms with Crippen molar-refractivity contribution in [3.05, 3.63) is 76.6 Å². The van der Waals surface area contributed by atoms with E-state index in [1.807, 2.05) is 0 Å². The molecule has 0 aromatic heterocycles. The predicted molar refractivity (Wildman–Crippen MR) is 164 cm³/mol. The molecule has 4 rings (SSSR count). The number of carbonyl (C=O) groups is 3. The van der Waals surface area contributed by atoms with Crippen molar-refractivity contribution in [2.45, 2.75) is 32.5 Å². The van der Waals surface area contributed by atoms with Crippen LogP contribution in [0.15, 0.2) is 54.6 Å². The van der Waals surface area contributed by atoms with E-state index in [9.17, 15) is 23.9 Å². The Morgan fingerprint density at radius 1 is 1.09 bits per heavy atom. The summed E-state index contributed by atoms with van der Waals surface area (Å²) in [4.78, 5) is 39.7. The number of benzene rings is 3. The van der Waals surface area contributed by atoms with Crippen molar-refractivity contribution in [2.75, 3.05) is 44.2 Å². The molecule has 3 aromatic carbocycles. The molecule has 45 heavy (non-hydrogen) atoms. The van der Waals surface area contributed by atoms with E-state index in [2.05, 4.69) is 5.32 Å². The second kappa shape index (κ2) is 14.1. The third-order valence-electron chi connectivity index (χ3n) is 7.08. The first-order valence-corrected chi connectivity index (χ1v) is 14.3. The summed E-state index contributed by atoms with van der Waals surface area (Å²) < 4.78 is 37.4. The van der Waals surface area contributed by atoms with Crippen molar-refractivity contribution in [2.24, 2.45) is 5.41 Å². The first-order valence-electron chi connectivity index (χ1n) is 13.9. The van der Waals surface area contributed by atoms with Crippen molar-refractivity contribution in [3.63, 3.8) is 0 Å². The number of aliphatic hydroxyl groups is 1. The molecule has 1 heterocycles. The molecular weight excluding hydrogens is 611 g/mol. The van der Waals surface area contributed by atoms with Crippen molar-refractivity contribution < 1.29 is 47.9 Å². The van der Waals surface area contributed by atoms with Gasteiger partial charge < -0.3 is 39.4 Å². The predicted octanol–water partition coefficient (Wildman–Crippen LogP) is 4.83. The maximum Gasteiger partial charge on any atom is 0.341 e. The Balaban J connectivity index is 1.74. The fourth-order valence-electron chi connectivity index (χ4n) is 4.91. The van der Waals surface area contributed by atoms with Gasteiger partial charge in [0.25, 0.3) is 5.91 Å². The Morgan fingerprint density at radius 2 is 1.84 bits per heavy atom. The van der Waals surface area contributed by atoms with Gasteiger partial charge in [-0.1, -0.05) is 37.6 Å². The van der Waals surface area contributed by atoms with E-state index < -0.39 is 54.3 Å². The van der Waals surface area contributed by atoms with E-state index in [4.69, 9.17) is 35.7 Å². The van der Waals surface area contributed by atoms with Crippen LogP contribution < -0.4 is 24.4 Å². The van der Waals surface area contributed by atoms with Crippen LogP contribution in [-0.4, -0.2) is 68.1 Å². The van der Waals surface area contributed by atoms with Crippen molar-refractivity contribution in [3.8, 4) is 17.2 Å². The lowest BCUT2D eigenvalue weighted by Crippen LogP contribution is -2.46. The molecule has 0 spiro atoms. The number of anilines is 2. The molecule has 240 valence electrons. The summed E-state index contributed by atoms with van der Waals surface area (Å²) in [5.74, 6) is -2.66. The van der Waals surface area contributed by atoms with Gasteiger partial charge in [-0.3, -0.25) is 9.59 Å². The smallest absolute Gasteiger partial charge is 0.341 e. The fraction of sp³-hybridized carbons (Fsp3) is 0.344. The third-order valence-corrected chi connectivity index (χ3v) is 7.32. The molecule has 0 saturated heterocycles. The number of rotatable bonds is 12. The lowest BCUT2D eigenvalue weighted by Gasteiger charge is -2.32. The average molecular weight is 645 g/mol. The minimum atomic E-state index is -1.37. The first-order chi connectivity index (χ1) is 21.4. The molecule has 11 nitrogen and oxygen atoms in total. The maximum absolute atomic E-state index is 14.8. The number of aliphatic hydroxyl groups excluding tert-OH is 1. The van der Waals surface area contributed by atoms with Gasteiger partial charge in [-0.05, 0) is 36.4 Å². The summed E-state index contributed by atoms with van der Waals surface area (Å²) in [6.45, 7) is 2.76. The van der Waals surface area contributed by atoms with E-state index in [0.717, 1.165) is 6.07 Å². The van der Waals surface area contributed by atoms with Gasteiger partial charge in [0.05, 0.1) is 26.3 Å². The third kappa shape index (κ3) is 7.83. The Bertz CT molecular complexity index is 1580. The number of aliphatic carboxylic acids is 1. The second-order valence-electron chi connectivity index (χ2n) is 11.1. The Kier molecular flexibility index (Phi) is 10.5. The molecule has 3 aromatic rings. The number of fused-ring (bicyclic) bond motifs is 1. The molecule has 2 unspecified atom stereocenters. The summed E-state index contributed by atoms with van der Waals surface area (Å²) in [7, 11) is 2.95. The van der Waals surface area contributed by atoms with Gasteiger partial charge in [0.15, 0.2) is 18.1 Å². The highest BCUT2D eigenvalue weighted by Crippen LogP contribution is 2.45. The number of nitrogens with zero attached hydrogens (tertiary/aromatic N) is 1. The van der Waals surface area contributed by atoms with Crippen LogP contribution in [0.3, 0.4) is 0 Å². The van der Waals surface area contributed by atoms with Crippen LogP contribution in [0.2, 0.25) is 5.02 Å². The zero-order valence-corrected chi connectivity index (χ0v) is 25.9. The molecule has 13 heteroatoms. The number of para-hydroxylation sites is 1. The number of hydrogen-bond acceptors (Lipinski definition) is 8. The number of carboxylic acid groups (broad SMARTS) is 1. The van der Waals surface area contributed by atoms with Crippen LogP contribution in [0.5, 0.6) is 17.2 Å². The SMILES string of the molecule is COc1cccc(C2OC(CC(=O)Nc3ccc(OCC(=O)O)cc3F)C(=O)N(CC(C)(C)CO)c3ccc(Cl)cc32)c1OC. The number of halogens is 2. The Hall–Kier alpha value is -4.39. The standard InChI is InChI=1S/C32H34ClFN2O9/c1-32(2,17-37)16-36-24-11-8-18(33)12-21(24)29(20-6-5-7-25(42-3)30(20)43-4)45-26(31(36)41)14-27(38)35-23-10-9-19(13-22(23)34)44-15-28(39)40/h5-13,26,29,37H,14-17H2,1-4H3,(H,35,38)(H,39,40). The summed E-state index contributed by atoms with van der Waals surface area (Å²) in [5.41, 5.74) is 0.544. The fourth-order valence-corrected chi connectivity index (χ4v) is 5.09. The maximum atomic E-state index is 14.8. The van der Waals surface area contributed by atoms with Gasteiger partial charge in [0.1, 0.15) is 23.8 Å². The number of carboxylic acids is 1. The number of methoxy groups -OCH3 is 2. The zero-order valence-electron chi connectivity index (χ0n) is 25.1. The molecule has 3 N–H and O–H groups in total. The largest absolute Gasteiger partial charge is 0.493 e. The lowest BCUT2D eigenvalue weighted by molar-refractivity contribution is -0.139. The molecule has 0 bridgehead atoms. The summed E-state index contributed by atoms with van der Waals surface area (Å²) in [6.07, 6.45) is -2.83. The molecule has 2 atom stereocenters. The van der Waals surface area contributed by atoms with Gasteiger partial charge >= 0.3 is 5.97 Å². The summed E-state index contributed by atoms with van der Waals surface area (Å²) in [5, 5.41) is 21.7. The van der Waals surface area contributed by atoms with Gasteiger partial charge in [-0.2, -0.15) is 0 Å². The van der Waals surface area contributed by atoms with E-state index in [1.54, 1.807) is 50.2 Å². The van der Waals surface area contributed by atoms with Crippen molar-refractivity contribution in [1.82, 2.24) is 0 Å². The van der Waals surface area contributed by atoms with E-state index in [1.165, 1.54) is 31.3 Å². The summed E-state index contributed by atoms with van der Waals surface area (Å²) >= 11 is 6.44. The molecule has 0 radical (unpaired) electrons. The van der Waals surface area contributed by atoms with E-state index in [0.29, 0.717) is 33.3 Å². The average Bonchev–Trinajstić information content (AvgIpc) is 3.10. The van der Waals surface area contributed by atoms with Crippen molar-refractivity contribution >= 4 is 40.8 Å². The molecule has 2 amide bonds. The van der Waals surface area contributed by atoms with Crippen LogP contribution in [0, 0.1) is 11.2 Å². The molecular formula is C32H34ClFN2O9. The number of ether oxygens (including phenoxy) is 4. The van der Waals surface area contributed by atoms with Gasteiger partial charge in [0, 0.05) is 46.5 Å². The quantitative estimate of drug-likeness (QED) is 0.253. The van der Waals surface area contributed by atoms with Gasteiger partial charge in [-0.15, -0.1) is 0 Å². The Labute approximate surface area is 264 Å². The zero-order chi connectivity index (χ0) is 32.9. The van der Waals surface area contributed by atoms with Gasteiger partial charge in [0.2, 0.25) is 5.91 Å². The molecule has 0 aliphatic carbocycles. The van der Waals surface area contributed by atoms with Crippen LogP contribution in [0.1, 0.15) is 37.5 Å². The van der Waals surface area contributed by atoms with Crippen LogP contribution in [-0.2, 0) is 19.1 Å². The molecule has 0 fully saturated rings. The number of hydrogen-bond donors (Lipinski definition) is 3. The highest BCUT2D eigenvalue weighted by atomic mass is 35.5. The summed E-state index contributed by atoms with van der Waals surface area (Å²) in [6, 6.07) is 13.6. The molecule has 1 aliphatic rings. The van der Waals surface area contributed by atoms with Crippen LogP contribution in [0.4, 0.5) is 15.8 Å². The topological polar surface area (TPSA) is 144 Å². The normalized spacial score (nSPS) is 16.4. The van der Waals surface area contributed by atoms with Crippen molar-refractivity contribution in [1.29, 1.82) is 0 Å². The Morgan fingerprint density at radius 3 is 2.49 bits per heavy atom. The number of nitrogens with one attached hydrogen (secondary N) is 1. The minimum absolute atomic E-state index is 0.0381. The van der Waals surface area contributed by atoms with Crippen LogP contribution in [0.25, 0.3) is 0 Å². The lowest BCUT2D eigenvalue weighted by atomic mass is 9.92. The molecule has 0 saturated carbocycles. The number of amides is 2. The minimum Gasteiger partial charge on any atom is -0.493 e. The molecule has 1 aliphatic heterocycles. The first kappa shape index (κ1) is 33.5. The second-order valence-corrected chi connectivity index (χ2v) is 11.6. The highest BCUT2D eigenvalue weighted by molar-refractivity contribution is 6.30. The van der Waals surface area contributed by atoms with Gasteiger partial charge in [-0.25, -0.2) is 9.18 Å². The van der Waals surface area contributed by atoms with E-state index in [-0.39, 0.29) is 24.6 Å². The van der Waals surface area contributed by atoms with Crippen LogP contribution >= 0.6 is 11.6 Å². The highest BCUT2D eigenvalue weighted by Gasteiger charge is 2.40. The number of carbonyl (C=O) groups excluding carboxylic acids is 2.